The molecule has 0 radical (unpaired) electrons. The number of carbonyl (C=O) groups excluding carboxylic acids is 1. The van der Waals surface area contributed by atoms with Gasteiger partial charge in [-0.15, -0.1) is 0 Å². The van der Waals surface area contributed by atoms with Crippen LogP contribution in [0.1, 0.15) is 71.1 Å². The first-order valence-electron chi connectivity index (χ1n) is 15.7. The van der Waals surface area contributed by atoms with Crippen molar-refractivity contribution in [2.45, 2.75) is 65.0 Å². The van der Waals surface area contributed by atoms with Gasteiger partial charge in [-0.2, -0.15) is 0 Å². The molecule has 7 rings (SSSR count). The number of amides is 1. The summed E-state index contributed by atoms with van der Waals surface area (Å²) in [5.41, 5.74) is 8.47. The molecule has 2 atom stereocenters. The van der Waals surface area contributed by atoms with Crippen molar-refractivity contribution in [1.82, 2.24) is 24.8 Å². The van der Waals surface area contributed by atoms with Crippen LogP contribution in [-0.2, 0) is 4.74 Å². The minimum absolute atomic E-state index is 0.282. The molecule has 2 aromatic heterocycles. The average molecular weight is 598 g/mol. The van der Waals surface area contributed by atoms with Crippen LogP contribution in [0.2, 0.25) is 0 Å². The van der Waals surface area contributed by atoms with Gasteiger partial charge in [0.15, 0.2) is 0 Å². The number of nitrogens with one attached hydrogen (secondary N) is 2. The molecule has 2 N–H and O–H groups in total. The molecule has 45 heavy (non-hydrogen) atoms. The number of aromatic nitrogens is 4. The molecule has 0 bridgehead atoms. The van der Waals surface area contributed by atoms with Gasteiger partial charge in [-0.05, 0) is 87.1 Å². The van der Waals surface area contributed by atoms with E-state index >= 15 is 0 Å². The fourth-order valence-corrected chi connectivity index (χ4v) is 6.35. The van der Waals surface area contributed by atoms with Crippen LogP contribution in [0.3, 0.4) is 0 Å². The number of carbonyl (C=O) groups is 1. The van der Waals surface area contributed by atoms with Gasteiger partial charge in [0, 0.05) is 18.0 Å². The number of hydrogen-bond donors (Lipinski definition) is 2. The van der Waals surface area contributed by atoms with Crippen LogP contribution < -0.4 is 0 Å². The Kier molecular flexibility index (Phi) is 7.19. The van der Waals surface area contributed by atoms with Gasteiger partial charge in [-0.3, -0.25) is 4.90 Å². The Morgan fingerprint density at radius 3 is 2.07 bits per heavy atom. The van der Waals surface area contributed by atoms with E-state index in [1.807, 2.05) is 40.1 Å². The number of fused-ring (bicyclic) bond motifs is 1. The topological polar surface area (TPSA) is 86.9 Å². The Labute approximate surface area is 264 Å². The Hall–Kier alpha value is -4.91. The van der Waals surface area contributed by atoms with Gasteiger partial charge in [-0.25, -0.2) is 14.8 Å². The second-order valence-electron chi connectivity index (χ2n) is 13.4. The van der Waals surface area contributed by atoms with Gasteiger partial charge in [0.1, 0.15) is 23.3 Å². The molecule has 3 aromatic carbocycles. The fraction of sp³-hybridized carbons (Fsp3) is 0.289. The van der Waals surface area contributed by atoms with Gasteiger partial charge in [-0.1, -0.05) is 71.8 Å². The summed E-state index contributed by atoms with van der Waals surface area (Å²) in [4.78, 5) is 30.9. The zero-order valence-electron chi connectivity index (χ0n) is 26.5. The molecule has 0 spiro atoms. The van der Waals surface area contributed by atoms with Crippen LogP contribution in [0, 0.1) is 0 Å². The standard InChI is InChI=1S/C38H39N5O2/c1-23-6-7-31(16-23)35-39-21-33(41-35)30-15-14-28-18-27(12-13-29(28)19-30)25-8-10-26(11-9-25)32-20-40-36(42-32)34-17-24(2)22-43(34)37(44)45-38(3,4)5/h8-21,31,34H,6-7,22H2,1-5H3,(H,39,41)(H,40,42)/t31-,34-/m0/s1. The second kappa shape index (κ2) is 11.2. The number of allylic oxidation sites excluding steroid dienone is 2. The molecule has 7 nitrogen and oxygen atoms in total. The predicted molar refractivity (Wildman–Crippen MR) is 180 cm³/mol. The van der Waals surface area contributed by atoms with Crippen molar-refractivity contribution in [2.24, 2.45) is 0 Å². The zero-order valence-corrected chi connectivity index (χ0v) is 26.5. The SMILES string of the molecule is CC1=C[C@@H](c2ncc(-c3ccc4cc(-c5ccc(-c6cnc([C@@H]7C=C(C)CN7C(=O)OC(C)(C)C)[nH]6)cc5)ccc4c3)[nH]2)CC1. The smallest absolute Gasteiger partial charge is 0.411 e. The summed E-state index contributed by atoms with van der Waals surface area (Å²) in [6.45, 7) is 10.4. The normalized spacial score (nSPS) is 18.4. The van der Waals surface area contributed by atoms with Gasteiger partial charge >= 0.3 is 6.09 Å². The van der Waals surface area contributed by atoms with E-state index in [0.29, 0.717) is 12.5 Å². The number of aromatic amines is 2. The number of imidazole rings is 2. The lowest BCUT2D eigenvalue weighted by Gasteiger charge is -2.27. The van der Waals surface area contributed by atoms with E-state index < -0.39 is 5.60 Å². The molecule has 0 fully saturated rings. The van der Waals surface area contributed by atoms with E-state index in [1.165, 1.54) is 21.9 Å². The van der Waals surface area contributed by atoms with Crippen molar-refractivity contribution in [3.05, 3.63) is 108 Å². The van der Waals surface area contributed by atoms with Crippen LogP contribution in [0.25, 0.3) is 44.4 Å². The van der Waals surface area contributed by atoms with E-state index in [1.54, 1.807) is 4.90 Å². The Morgan fingerprint density at radius 1 is 0.778 bits per heavy atom. The number of benzene rings is 3. The third-order valence-electron chi connectivity index (χ3n) is 8.66. The minimum Gasteiger partial charge on any atom is -0.444 e. The molecule has 1 aliphatic carbocycles. The highest BCUT2D eigenvalue weighted by Gasteiger charge is 2.34. The number of rotatable bonds is 5. The van der Waals surface area contributed by atoms with Gasteiger partial charge in [0.2, 0.25) is 0 Å². The monoisotopic (exact) mass is 597 g/mol. The van der Waals surface area contributed by atoms with Gasteiger partial charge < -0.3 is 14.7 Å². The molecule has 228 valence electrons. The Balaban J connectivity index is 1.07. The molecule has 7 heteroatoms. The highest BCUT2D eigenvalue weighted by molar-refractivity contribution is 5.90. The van der Waals surface area contributed by atoms with Gasteiger partial charge in [0.25, 0.3) is 0 Å². The van der Waals surface area contributed by atoms with E-state index in [0.717, 1.165) is 58.1 Å². The largest absolute Gasteiger partial charge is 0.444 e. The maximum absolute atomic E-state index is 12.9. The molecule has 0 unspecified atom stereocenters. The van der Waals surface area contributed by atoms with Crippen molar-refractivity contribution < 1.29 is 9.53 Å². The van der Waals surface area contributed by atoms with Crippen LogP contribution in [0.5, 0.6) is 0 Å². The van der Waals surface area contributed by atoms with Crippen molar-refractivity contribution in [3.8, 4) is 33.6 Å². The third-order valence-corrected chi connectivity index (χ3v) is 8.66. The van der Waals surface area contributed by atoms with E-state index in [-0.39, 0.29) is 12.1 Å². The minimum atomic E-state index is -0.557. The molecule has 1 aliphatic heterocycles. The second-order valence-corrected chi connectivity index (χ2v) is 13.4. The summed E-state index contributed by atoms with van der Waals surface area (Å²) in [7, 11) is 0. The molecule has 3 heterocycles. The molecular formula is C38H39N5O2. The summed E-state index contributed by atoms with van der Waals surface area (Å²) in [5, 5.41) is 2.39. The molecule has 0 saturated carbocycles. The molecule has 0 saturated heterocycles. The maximum atomic E-state index is 12.9. The quantitative estimate of drug-likeness (QED) is 0.198. The molecular weight excluding hydrogens is 558 g/mol. The first-order chi connectivity index (χ1) is 21.6. The van der Waals surface area contributed by atoms with Crippen LogP contribution >= 0.6 is 0 Å². The lowest BCUT2D eigenvalue weighted by Crippen LogP contribution is -2.37. The summed E-state index contributed by atoms with van der Waals surface area (Å²) in [6, 6.07) is 21.4. The predicted octanol–water partition coefficient (Wildman–Crippen LogP) is 9.35. The Bertz CT molecular complexity index is 1950. The maximum Gasteiger partial charge on any atom is 0.411 e. The molecule has 1 amide bonds. The van der Waals surface area contributed by atoms with E-state index in [4.69, 9.17) is 4.74 Å². The number of H-pyrrole nitrogens is 2. The molecule has 2 aliphatic rings. The highest BCUT2D eigenvalue weighted by Crippen LogP contribution is 2.34. The van der Waals surface area contributed by atoms with Crippen LogP contribution in [-0.4, -0.2) is 43.1 Å². The number of hydrogen-bond acceptors (Lipinski definition) is 4. The highest BCUT2D eigenvalue weighted by atomic mass is 16.6. The van der Waals surface area contributed by atoms with Crippen molar-refractivity contribution in [3.63, 3.8) is 0 Å². The van der Waals surface area contributed by atoms with Crippen molar-refractivity contribution in [2.75, 3.05) is 6.54 Å². The lowest BCUT2D eigenvalue weighted by molar-refractivity contribution is 0.0232. The third kappa shape index (κ3) is 5.95. The van der Waals surface area contributed by atoms with Crippen molar-refractivity contribution in [1.29, 1.82) is 0 Å². The summed E-state index contributed by atoms with van der Waals surface area (Å²) >= 11 is 0. The number of nitrogens with zero attached hydrogens (tertiary/aromatic N) is 3. The first-order valence-corrected chi connectivity index (χ1v) is 15.7. The summed E-state index contributed by atoms with van der Waals surface area (Å²) < 4.78 is 5.65. The van der Waals surface area contributed by atoms with E-state index in [2.05, 4.69) is 99.7 Å². The fourth-order valence-electron chi connectivity index (χ4n) is 6.35. The van der Waals surface area contributed by atoms with Crippen LogP contribution in [0.4, 0.5) is 4.79 Å². The van der Waals surface area contributed by atoms with E-state index in [9.17, 15) is 4.79 Å². The van der Waals surface area contributed by atoms with Crippen LogP contribution in [0.15, 0.2) is 96.4 Å². The molecule has 5 aromatic rings. The summed E-state index contributed by atoms with van der Waals surface area (Å²) in [6.07, 6.45) is 10.1. The number of ether oxygens (including phenoxy) is 1. The Morgan fingerprint density at radius 2 is 1.38 bits per heavy atom. The summed E-state index contributed by atoms with van der Waals surface area (Å²) in [5.74, 6) is 2.18. The average Bonchev–Trinajstić information content (AvgIpc) is 3.83. The van der Waals surface area contributed by atoms with Crippen molar-refractivity contribution >= 4 is 16.9 Å². The lowest BCUT2D eigenvalue weighted by atomic mass is 9.98. The zero-order chi connectivity index (χ0) is 31.3. The first kappa shape index (κ1) is 28.8. The van der Waals surface area contributed by atoms with Gasteiger partial charge in [0.05, 0.1) is 23.8 Å².